The molecule has 1 aliphatic heterocycles. The standard InChI is InChI=1S/C27H24N2O3S/c1-19-11-13-21(14-12-19)27(30)29-17-5-8-22-18-23(15-16-26(22)29)33(31,32)28-25-10-4-7-20-6-2-3-9-24(20)25/h2-4,6-7,9-16,18,28H,5,8,17H2,1H3. The molecular weight excluding hydrogens is 432 g/mol. The summed E-state index contributed by atoms with van der Waals surface area (Å²) in [5, 5.41) is 1.81. The number of sulfonamides is 1. The molecule has 4 aromatic carbocycles. The average Bonchev–Trinajstić information content (AvgIpc) is 2.83. The van der Waals surface area contributed by atoms with E-state index in [2.05, 4.69) is 4.72 Å². The van der Waals surface area contributed by atoms with Crippen LogP contribution in [0.15, 0.2) is 89.8 Å². The predicted molar refractivity (Wildman–Crippen MR) is 132 cm³/mol. The summed E-state index contributed by atoms with van der Waals surface area (Å²) < 4.78 is 29.2. The van der Waals surface area contributed by atoms with Crippen molar-refractivity contribution in [2.24, 2.45) is 0 Å². The summed E-state index contributed by atoms with van der Waals surface area (Å²) in [4.78, 5) is 15.1. The minimum Gasteiger partial charge on any atom is -0.308 e. The van der Waals surface area contributed by atoms with E-state index in [1.165, 1.54) is 0 Å². The van der Waals surface area contributed by atoms with E-state index >= 15 is 0 Å². The second-order valence-corrected chi connectivity index (χ2v) is 10.0. The van der Waals surface area contributed by atoms with E-state index in [-0.39, 0.29) is 10.8 Å². The Kier molecular flexibility index (Phi) is 5.38. The molecular formula is C27H24N2O3S. The van der Waals surface area contributed by atoms with Gasteiger partial charge in [0.2, 0.25) is 0 Å². The number of aryl methyl sites for hydroxylation is 2. The van der Waals surface area contributed by atoms with Crippen LogP contribution in [0.4, 0.5) is 11.4 Å². The monoisotopic (exact) mass is 456 g/mol. The van der Waals surface area contributed by atoms with Crippen molar-refractivity contribution >= 4 is 38.1 Å². The maximum Gasteiger partial charge on any atom is 0.261 e. The smallest absolute Gasteiger partial charge is 0.261 e. The molecule has 166 valence electrons. The summed E-state index contributed by atoms with van der Waals surface area (Å²) in [6.07, 6.45) is 1.51. The van der Waals surface area contributed by atoms with Crippen molar-refractivity contribution in [3.63, 3.8) is 0 Å². The zero-order valence-electron chi connectivity index (χ0n) is 18.3. The molecule has 0 fully saturated rings. The summed E-state index contributed by atoms with van der Waals surface area (Å²) in [7, 11) is -3.79. The molecule has 0 unspecified atom stereocenters. The number of fused-ring (bicyclic) bond motifs is 2. The van der Waals surface area contributed by atoms with Crippen molar-refractivity contribution in [3.8, 4) is 0 Å². The number of anilines is 2. The maximum atomic E-state index is 13.2. The van der Waals surface area contributed by atoms with Crippen LogP contribution in [0.1, 0.15) is 27.9 Å². The Labute approximate surface area is 193 Å². The maximum absolute atomic E-state index is 13.2. The largest absolute Gasteiger partial charge is 0.308 e. The topological polar surface area (TPSA) is 66.5 Å². The first-order valence-electron chi connectivity index (χ1n) is 10.9. The van der Waals surface area contributed by atoms with Crippen LogP contribution in [0.25, 0.3) is 10.8 Å². The van der Waals surface area contributed by atoms with E-state index in [9.17, 15) is 13.2 Å². The van der Waals surface area contributed by atoms with Gasteiger partial charge < -0.3 is 4.90 Å². The van der Waals surface area contributed by atoms with Crippen molar-refractivity contribution in [1.82, 2.24) is 0 Å². The van der Waals surface area contributed by atoms with Crippen LogP contribution >= 0.6 is 0 Å². The van der Waals surface area contributed by atoms with Gasteiger partial charge in [-0.2, -0.15) is 0 Å². The van der Waals surface area contributed by atoms with Crippen LogP contribution in [-0.2, 0) is 16.4 Å². The van der Waals surface area contributed by atoms with E-state index < -0.39 is 10.0 Å². The van der Waals surface area contributed by atoms with Gasteiger partial charge in [-0.05, 0) is 67.1 Å². The van der Waals surface area contributed by atoms with Gasteiger partial charge >= 0.3 is 0 Å². The predicted octanol–water partition coefficient (Wildman–Crippen LogP) is 5.54. The zero-order chi connectivity index (χ0) is 23.0. The third-order valence-corrected chi connectivity index (χ3v) is 7.42. The van der Waals surface area contributed by atoms with Crippen LogP contribution in [0, 0.1) is 6.92 Å². The highest BCUT2D eigenvalue weighted by Gasteiger charge is 2.26. The molecule has 0 aliphatic carbocycles. The van der Waals surface area contributed by atoms with E-state index in [0.29, 0.717) is 17.8 Å². The molecule has 0 saturated heterocycles. The summed E-state index contributed by atoms with van der Waals surface area (Å²) in [6, 6.07) is 25.7. The molecule has 1 N–H and O–H groups in total. The normalized spacial score (nSPS) is 13.5. The highest BCUT2D eigenvalue weighted by Crippen LogP contribution is 2.32. The lowest BCUT2D eigenvalue weighted by Crippen LogP contribution is -2.35. The molecule has 5 rings (SSSR count). The highest BCUT2D eigenvalue weighted by atomic mass is 32.2. The molecule has 1 amide bonds. The Bertz CT molecular complexity index is 1460. The first kappa shape index (κ1) is 21.2. The highest BCUT2D eigenvalue weighted by molar-refractivity contribution is 7.92. The number of rotatable bonds is 4. The Balaban J connectivity index is 1.46. The lowest BCUT2D eigenvalue weighted by molar-refractivity contribution is 0.0985. The number of benzene rings is 4. The van der Waals surface area contributed by atoms with Crippen LogP contribution in [-0.4, -0.2) is 20.9 Å². The minimum absolute atomic E-state index is 0.0690. The van der Waals surface area contributed by atoms with Gasteiger partial charge in [0.05, 0.1) is 10.6 Å². The fourth-order valence-electron chi connectivity index (χ4n) is 4.32. The van der Waals surface area contributed by atoms with Crippen molar-refractivity contribution in [3.05, 3.63) is 102 Å². The molecule has 6 heteroatoms. The van der Waals surface area contributed by atoms with Crippen molar-refractivity contribution in [2.75, 3.05) is 16.2 Å². The number of hydrogen-bond acceptors (Lipinski definition) is 3. The molecule has 0 aromatic heterocycles. The van der Waals surface area contributed by atoms with Gasteiger partial charge in [0.1, 0.15) is 0 Å². The Morgan fingerprint density at radius 1 is 0.909 bits per heavy atom. The Morgan fingerprint density at radius 3 is 2.48 bits per heavy atom. The molecule has 33 heavy (non-hydrogen) atoms. The number of amides is 1. The number of hydrogen-bond donors (Lipinski definition) is 1. The van der Waals surface area contributed by atoms with Gasteiger partial charge in [0, 0.05) is 23.2 Å². The Morgan fingerprint density at radius 2 is 1.67 bits per heavy atom. The number of carbonyl (C=O) groups is 1. The molecule has 0 spiro atoms. The summed E-state index contributed by atoms with van der Waals surface area (Å²) >= 11 is 0. The van der Waals surface area contributed by atoms with Crippen molar-refractivity contribution in [1.29, 1.82) is 0 Å². The third-order valence-electron chi connectivity index (χ3n) is 6.06. The first-order valence-corrected chi connectivity index (χ1v) is 12.4. The lowest BCUT2D eigenvalue weighted by Gasteiger charge is -2.30. The fraction of sp³-hybridized carbons (Fsp3) is 0.148. The third kappa shape index (κ3) is 4.10. The van der Waals surface area contributed by atoms with Gasteiger partial charge in [-0.25, -0.2) is 8.42 Å². The molecule has 1 heterocycles. The number of nitrogens with zero attached hydrogens (tertiary/aromatic N) is 1. The molecule has 0 radical (unpaired) electrons. The van der Waals surface area contributed by atoms with Gasteiger partial charge in [-0.15, -0.1) is 0 Å². The average molecular weight is 457 g/mol. The lowest BCUT2D eigenvalue weighted by atomic mass is 10.0. The Hall–Kier alpha value is -3.64. The van der Waals surface area contributed by atoms with Crippen LogP contribution in [0.5, 0.6) is 0 Å². The molecule has 4 aromatic rings. The van der Waals surface area contributed by atoms with Crippen LogP contribution < -0.4 is 9.62 Å². The van der Waals surface area contributed by atoms with Gasteiger partial charge in [-0.3, -0.25) is 9.52 Å². The second kappa shape index (κ2) is 8.37. The minimum atomic E-state index is -3.79. The summed E-state index contributed by atoms with van der Waals surface area (Å²) in [6.45, 7) is 2.60. The zero-order valence-corrected chi connectivity index (χ0v) is 19.1. The fourth-order valence-corrected chi connectivity index (χ4v) is 5.45. The summed E-state index contributed by atoms with van der Waals surface area (Å²) in [5.74, 6) is -0.0690. The van der Waals surface area contributed by atoms with E-state index in [1.807, 2.05) is 67.6 Å². The molecule has 5 nitrogen and oxygen atoms in total. The number of carbonyl (C=O) groups excluding carboxylic acids is 1. The second-order valence-electron chi connectivity index (χ2n) is 8.35. The van der Waals surface area contributed by atoms with Crippen LogP contribution in [0.3, 0.4) is 0 Å². The van der Waals surface area contributed by atoms with Gasteiger partial charge in [0.15, 0.2) is 0 Å². The van der Waals surface area contributed by atoms with E-state index in [4.69, 9.17) is 0 Å². The SMILES string of the molecule is Cc1ccc(C(=O)N2CCCc3cc(S(=O)(=O)Nc4cccc5ccccc45)ccc32)cc1. The molecule has 0 bridgehead atoms. The van der Waals surface area contributed by atoms with Crippen molar-refractivity contribution in [2.45, 2.75) is 24.7 Å². The quantitative estimate of drug-likeness (QED) is 0.438. The summed E-state index contributed by atoms with van der Waals surface area (Å²) in [5.41, 5.74) is 3.90. The first-order chi connectivity index (χ1) is 15.9. The van der Waals surface area contributed by atoms with Crippen molar-refractivity contribution < 1.29 is 13.2 Å². The molecule has 1 aliphatic rings. The van der Waals surface area contributed by atoms with Gasteiger partial charge in [0.25, 0.3) is 15.9 Å². The van der Waals surface area contributed by atoms with E-state index in [0.717, 1.165) is 40.4 Å². The molecule has 0 atom stereocenters. The molecule has 0 saturated carbocycles. The number of nitrogens with one attached hydrogen (secondary N) is 1. The van der Waals surface area contributed by atoms with E-state index in [1.54, 1.807) is 29.2 Å². The van der Waals surface area contributed by atoms with Gasteiger partial charge in [-0.1, -0.05) is 54.1 Å². The van der Waals surface area contributed by atoms with Crippen LogP contribution in [0.2, 0.25) is 0 Å².